The smallest absolute Gasteiger partial charge is 0.217 e. The Kier molecular flexibility index (Phi) is 7.19. The first-order chi connectivity index (χ1) is 17.1. The Morgan fingerprint density at radius 1 is 0.971 bits per heavy atom. The molecule has 1 unspecified atom stereocenters. The van der Waals surface area contributed by atoms with Gasteiger partial charge in [-0.3, -0.25) is 0 Å². The van der Waals surface area contributed by atoms with Crippen LogP contribution in [0.4, 0.5) is 0 Å². The van der Waals surface area contributed by atoms with Crippen molar-refractivity contribution in [2.45, 2.75) is 30.8 Å². The Morgan fingerprint density at radius 3 is 2.34 bits per heavy atom. The van der Waals surface area contributed by atoms with Crippen LogP contribution in [0.15, 0.2) is 89.4 Å². The van der Waals surface area contributed by atoms with E-state index in [4.69, 9.17) is 9.72 Å². The number of hydrogen-bond acceptors (Lipinski definition) is 4. The van der Waals surface area contributed by atoms with Crippen LogP contribution in [-0.2, 0) is 6.42 Å². The van der Waals surface area contributed by atoms with Crippen molar-refractivity contribution in [1.29, 1.82) is 0 Å². The van der Waals surface area contributed by atoms with E-state index in [1.165, 1.54) is 5.56 Å². The van der Waals surface area contributed by atoms with E-state index in [2.05, 4.69) is 75.4 Å². The van der Waals surface area contributed by atoms with Gasteiger partial charge in [-0.1, -0.05) is 76.6 Å². The fourth-order valence-corrected chi connectivity index (χ4v) is 5.70. The van der Waals surface area contributed by atoms with E-state index in [-0.39, 0.29) is 5.92 Å². The van der Waals surface area contributed by atoms with Crippen LogP contribution in [0, 0.1) is 0 Å². The van der Waals surface area contributed by atoms with E-state index < -0.39 is 5.60 Å². The Balaban J connectivity index is 1.45. The summed E-state index contributed by atoms with van der Waals surface area (Å²) in [4.78, 5) is 7.29. The number of piperidine rings is 1. The van der Waals surface area contributed by atoms with Crippen LogP contribution < -0.4 is 4.74 Å². The molecular formula is C30H31BrN2O2. The molecule has 0 spiro atoms. The fourth-order valence-electron chi connectivity index (χ4n) is 5.33. The van der Waals surface area contributed by atoms with Crippen LogP contribution in [0.5, 0.6) is 5.88 Å². The molecule has 5 rings (SSSR count). The van der Waals surface area contributed by atoms with Gasteiger partial charge in [0, 0.05) is 41.0 Å². The number of aromatic nitrogens is 1. The summed E-state index contributed by atoms with van der Waals surface area (Å²) in [5.74, 6) is 0.347. The second-order valence-electron chi connectivity index (χ2n) is 9.45. The minimum absolute atomic E-state index is 0.231. The number of rotatable bonds is 7. The summed E-state index contributed by atoms with van der Waals surface area (Å²) in [5, 5.41) is 13.2. The number of halogens is 1. The lowest BCUT2D eigenvalue weighted by Crippen LogP contribution is -2.48. The van der Waals surface area contributed by atoms with Crippen LogP contribution in [0.2, 0.25) is 0 Å². The summed E-state index contributed by atoms with van der Waals surface area (Å²) < 4.78 is 6.79. The fraction of sp³-hybridized carbons (Fsp3) is 0.300. The minimum Gasteiger partial charge on any atom is -0.481 e. The molecule has 0 aliphatic carbocycles. The molecule has 1 saturated heterocycles. The lowest BCUT2D eigenvalue weighted by atomic mass is 9.72. The van der Waals surface area contributed by atoms with Gasteiger partial charge in [-0.2, -0.15) is 0 Å². The van der Waals surface area contributed by atoms with Crippen LogP contribution in [0.1, 0.15) is 35.4 Å². The van der Waals surface area contributed by atoms with Crippen molar-refractivity contribution in [2.75, 3.05) is 26.7 Å². The predicted octanol–water partition coefficient (Wildman–Crippen LogP) is 6.21. The van der Waals surface area contributed by atoms with E-state index in [0.29, 0.717) is 18.7 Å². The van der Waals surface area contributed by atoms with Gasteiger partial charge < -0.3 is 14.7 Å². The third kappa shape index (κ3) is 5.27. The van der Waals surface area contributed by atoms with Crippen molar-refractivity contribution >= 4 is 26.8 Å². The Labute approximate surface area is 215 Å². The van der Waals surface area contributed by atoms with Crippen molar-refractivity contribution in [1.82, 2.24) is 9.88 Å². The minimum atomic E-state index is -0.890. The maximum atomic E-state index is 12.2. The molecule has 5 heteroatoms. The number of ether oxygens (including phenoxy) is 1. The summed E-state index contributed by atoms with van der Waals surface area (Å²) in [5.41, 5.74) is 3.36. The van der Waals surface area contributed by atoms with E-state index in [1.54, 1.807) is 7.11 Å². The van der Waals surface area contributed by atoms with Crippen LogP contribution >= 0.6 is 15.9 Å². The highest BCUT2D eigenvalue weighted by molar-refractivity contribution is 9.10. The zero-order chi connectivity index (χ0) is 24.3. The molecule has 1 aromatic heterocycles. The number of pyridine rings is 1. The van der Waals surface area contributed by atoms with Crippen molar-refractivity contribution in [3.63, 3.8) is 0 Å². The third-order valence-corrected chi connectivity index (χ3v) is 7.72. The zero-order valence-corrected chi connectivity index (χ0v) is 21.6. The molecule has 0 radical (unpaired) electrons. The number of hydrogen-bond donors (Lipinski definition) is 1. The average molecular weight is 531 g/mol. The quantitative estimate of drug-likeness (QED) is 0.308. The SMILES string of the molecule is COc1nc2ccc(Br)cc2cc1C(c1ccccc1)C1(O)CCN(CCc2ccccc2)CC1. The molecule has 0 amide bonds. The van der Waals surface area contributed by atoms with Crippen molar-refractivity contribution in [3.8, 4) is 5.88 Å². The number of fused-ring (bicyclic) bond motifs is 1. The average Bonchev–Trinajstić information content (AvgIpc) is 2.89. The molecule has 35 heavy (non-hydrogen) atoms. The molecule has 4 nitrogen and oxygen atoms in total. The molecule has 4 aromatic rings. The lowest BCUT2D eigenvalue weighted by Gasteiger charge is -2.43. The van der Waals surface area contributed by atoms with Gasteiger partial charge in [0.2, 0.25) is 5.88 Å². The predicted molar refractivity (Wildman–Crippen MR) is 145 cm³/mol. The number of nitrogens with zero attached hydrogens (tertiary/aromatic N) is 2. The van der Waals surface area contributed by atoms with Gasteiger partial charge in [0.05, 0.1) is 18.2 Å². The van der Waals surface area contributed by atoms with Gasteiger partial charge in [0.25, 0.3) is 0 Å². The summed E-state index contributed by atoms with van der Waals surface area (Å²) in [6.45, 7) is 2.73. The standard InChI is InChI=1S/C30H31BrN2O2/c1-35-29-26(21-24-20-25(31)12-13-27(24)32-29)28(23-10-6-3-7-11-23)30(34)15-18-33(19-16-30)17-14-22-8-4-2-5-9-22/h2-13,20-21,28,34H,14-19H2,1H3. The number of benzene rings is 3. The molecule has 180 valence electrons. The molecule has 1 fully saturated rings. The Morgan fingerprint density at radius 2 is 1.66 bits per heavy atom. The lowest BCUT2D eigenvalue weighted by molar-refractivity contribution is -0.0340. The first-order valence-electron chi connectivity index (χ1n) is 12.2. The highest BCUT2D eigenvalue weighted by Gasteiger charge is 2.43. The van der Waals surface area contributed by atoms with Crippen LogP contribution in [-0.4, -0.2) is 47.3 Å². The van der Waals surface area contributed by atoms with E-state index in [0.717, 1.165) is 52.6 Å². The van der Waals surface area contributed by atoms with Gasteiger partial charge >= 0.3 is 0 Å². The van der Waals surface area contributed by atoms with Gasteiger partial charge in [-0.15, -0.1) is 0 Å². The first-order valence-corrected chi connectivity index (χ1v) is 13.0. The molecule has 0 bridgehead atoms. The van der Waals surface area contributed by atoms with E-state index in [9.17, 15) is 5.11 Å². The molecule has 1 N–H and O–H groups in total. The zero-order valence-electron chi connectivity index (χ0n) is 20.0. The van der Waals surface area contributed by atoms with Gasteiger partial charge in [-0.25, -0.2) is 4.98 Å². The molecule has 3 aromatic carbocycles. The van der Waals surface area contributed by atoms with E-state index in [1.807, 2.05) is 30.3 Å². The molecule has 0 saturated carbocycles. The van der Waals surface area contributed by atoms with Crippen molar-refractivity contribution in [3.05, 3.63) is 106 Å². The second kappa shape index (κ2) is 10.5. The highest BCUT2D eigenvalue weighted by Crippen LogP contribution is 2.45. The largest absolute Gasteiger partial charge is 0.481 e. The van der Waals surface area contributed by atoms with Gasteiger partial charge in [0.1, 0.15) is 0 Å². The monoisotopic (exact) mass is 530 g/mol. The van der Waals surface area contributed by atoms with Crippen LogP contribution in [0.3, 0.4) is 0 Å². The third-order valence-electron chi connectivity index (χ3n) is 7.23. The van der Waals surface area contributed by atoms with Crippen molar-refractivity contribution < 1.29 is 9.84 Å². The van der Waals surface area contributed by atoms with Gasteiger partial charge in [-0.05, 0) is 54.7 Å². The normalized spacial score (nSPS) is 16.8. The molecule has 1 atom stereocenters. The number of methoxy groups -OCH3 is 1. The summed E-state index contributed by atoms with van der Waals surface area (Å²) in [6, 6.07) is 29.1. The molecular weight excluding hydrogens is 500 g/mol. The maximum absolute atomic E-state index is 12.2. The topological polar surface area (TPSA) is 45.6 Å². The summed E-state index contributed by atoms with van der Waals surface area (Å²) in [6.07, 6.45) is 2.42. The molecule has 1 aliphatic heterocycles. The van der Waals surface area contributed by atoms with Crippen molar-refractivity contribution in [2.24, 2.45) is 0 Å². The Hall–Kier alpha value is -2.73. The van der Waals surface area contributed by atoms with E-state index >= 15 is 0 Å². The van der Waals surface area contributed by atoms with Crippen LogP contribution in [0.25, 0.3) is 10.9 Å². The summed E-state index contributed by atoms with van der Waals surface area (Å²) >= 11 is 3.59. The molecule has 2 heterocycles. The van der Waals surface area contributed by atoms with Gasteiger partial charge in [0.15, 0.2) is 0 Å². The summed E-state index contributed by atoms with van der Waals surface area (Å²) in [7, 11) is 1.66. The Bertz CT molecular complexity index is 1270. The number of aliphatic hydroxyl groups is 1. The highest BCUT2D eigenvalue weighted by atomic mass is 79.9. The second-order valence-corrected chi connectivity index (χ2v) is 10.4. The molecule has 1 aliphatic rings. The maximum Gasteiger partial charge on any atom is 0.217 e. The number of likely N-dealkylation sites (tertiary alicyclic amines) is 1. The first kappa shape index (κ1) is 24.0.